The molecule has 3 atom stereocenters. The molecule has 0 spiro atoms. The largest absolute Gasteiger partial charge is 0.492 e. The molecule has 2 fully saturated rings. The summed E-state index contributed by atoms with van der Waals surface area (Å²) in [4.78, 5) is 7.14. The molecule has 1 amide bonds. The van der Waals surface area contributed by atoms with E-state index in [9.17, 15) is 79.4 Å². The SMILES string of the molecule is O=C1N(C(F)(F)F)C(F)(F)C2(F)C(F)(F)C(F)(C(F)(F)F)C(F)(F)C2(F)C1(F)F. The van der Waals surface area contributed by atoms with Gasteiger partial charge in [0.1, 0.15) is 0 Å². The lowest BCUT2D eigenvalue weighted by atomic mass is 9.75. The van der Waals surface area contributed by atoms with Gasteiger partial charge in [0, 0.05) is 0 Å². The topological polar surface area (TPSA) is 20.3 Å². The van der Waals surface area contributed by atoms with Gasteiger partial charge in [-0.15, -0.1) is 13.2 Å². The van der Waals surface area contributed by atoms with Gasteiger partial charge in [-0.05, 0) is 0 Å². The fourth-order valence-corrected chi connectivity index (χ4v) is 3.11. The number of hydrogen-bond acceptors (Lipinski definition) is 1. The van der Waals surface area contributed by atoms with Crippen LogP contribution in [0.3, 0.4) is 0 Å². The van der Waals surface area contributed by atoms with Crippen LogP contribution in [0, 0.1) is 0 Å². The number of hydrogen-bond donors (Lipinski definition) is 0. The molecule has 2 aliphatic rings. The number of fused-ring (bicyclic) bond motifs is 1. The third-order valence-electron chi connectivity index (χ3n) is 4.45. The molecule has 1 aliphatic carbocycles. The van der Waals surface area contributed by atoms with Crippen LogP contribution in [0.5, 0.6) is 0 Å². The van der Waals surface area contributed by atoms with E-state index in [0.29, 0.717) is 0 Å². The maximum atomic E-state index is 14.4. The van der Waals surface area contributed by atoms with Gasteiger partial charge >= 0.3 is 53.5 Å². The summed E-state index contributed by atoms with van der Waals surface area (Å²) in [5, 5.41) is 0. The first kappa shape index (κ1) is 23.6. The molecule has 2 rings (SSSR count). The Bertz CT molecular complexity index is 752. The first-order valence-electron chi connectivity index (χ1n) is 6.34. The third kappa shape index (κ3) is 1.82. The predicted molar refractivity (Wildman–Crippen MR) is 50.3 cm³/mol. The zero-order valence-corrected chi connectivity index (χ0v) is 12.3. The monoisotopic (exact) mass is 473 g/mol. The standard InChI is InChI=1S/C10F17NO/c11-2(12)1(29)28(10(25,26)27)9(23,24)4(14)3(2,13)6(16,17)5(15,7(4,18)19)8(20,21)22. The van der Waals surface area contributed by atoms with Crippen molar-refractivity contribution >= 4 is 5.91 Å². The number of halogens is 17. The first-order chi connectivity index (χ1) is 12.3. The second-order valence-electron chi connectivity index (χ2n) is 5.85. The van der Waals surface area contributed by atoms with Crippen LogP contribution in [-0.4, -0.2) is 64.1 Å². The van der Waals surface area contributed by atoms with Crippen LogP contribution in [0.1, 0.15) is 0 Å². The molecule has 3 unspecified atom stereocenters. The lowest BCUT2D eigenvalue weighted by molar-refractivity contribution is -0.426. The Morgan fingerprint density at radius 1 is 0.621 bits per heavy atom. The molecular formula is C10F17NO. The number of nitrogens with zero attached hydrogens (tertiary/aromatic N) is 1. The molecule has 2 nitrogen and oxygen atoms in total. The Labute approximate surface area is 145 Å². The number of carbonyl (C=O) groups excluding carboxylic acids is 1. The Morgan fingerprint density at radius 3 is 1.28 bits per heavy atom. The minimum Gasteiger partial charge on any atom is -0.267 e. The zero-order chi connectivity index (χ0) is 23.7. The quantitative estimate of drug-likeness (QED) is 0.374. The van der Waals surface area contributed by atoms with E-state index in [1.54, 1.807) is 0 Å². The minimum absolute atomic E-state index is 3.80. The van der Waals surface area contributed by atoms with Gasteiger partial charge in [-0.3, -0.25) is 4.79 Å². The maximum Gasteiger partial charge on any atom is 0.492 e. The Hall–Kier alpha value is -1.72. The Kier molecular flexibility index (Phi) is 4.02. The van der Waals surface area contributed by atoms with Gasteiger partial charge < -0.3 is 0 Å². The average Bonchev–Trinajstić information content (AvgIpc) is 2.53. The van der Waals surface area contributed by atoms with Crippen LogP contribution in [0.2, 0.25) is 0 Å². The highest BCUT2D eigenvalue weighted by Gasteiger charge is 3.14. The number of likely N-dealkylation sites (tertiary alicyclic amines) is 1. The van der Waals surface area contributed by atoms with Crippen molar-refractivity contribution in [2.45, 2.75) is 53.3 Å². The van der Waals surface area contributed by atoms with Crippen molar-refractivity contribution in [3.05, 3.63) is 0 Å². The molecule has 0 aromatic carbocycles. The van der Waals surface area contributed by atoms with Crippen molar-refractivity contribution in [2.75, 3.05) is 0 Å². The van der Waals surface area contributed by atoms with E-state index < -0.39 is 64.1 Å². The summed E-state index contributed by atoms with van der Waals surface area (Å²) in [5.41, 5.74) is -24.6. The van der Waals surface area contributed by atoms with E-state index in [-0.39, 0.29) is 0 Å². The Balaban J connectivity index is 3.17. The fourth-order valence-electron chi connectivity index (χ4n) is 3.11. The molecule has 0 aromatic rings. The normalized spacial score (nSPS) is 40.7. The average molecular weight is 473 g/mol. The highest BCUT2D eigenvalue weighted by Crippen LogP contribution is 2.79. The molecule has 0 bridgehead atoms. The van der Waals surface area contributed by atoms with Crippen molar-refractivity contribution in [1.29, 1.82) is 0 Å². The molecule has 1 saturated carbocycles. The molecule has 170 valence electrons. The molecule has 29 heavy (non-hydrogen) atoms. The zero-order valence-electron chi connectivity index (χ0n) is 12.3. The molecule has 0 aromatic heterocycles. The summed E-state index contributed by atoms with van der Waals surface area (Å²) in [6, 6.07) is -7.91. The Morgan fingerprint density at radius 2 is 0.966 bits per heavy atom. The van der Waals surface area contributed by atoms with Crippen LogP contribution in [0.25, 0.3) is 0 Å². The van der Waals surface area contributed by atoms with E-state index in [1.807, 2.05) is 0 Å². The van der Waals surface area contributed by atoms with E-state index in [1.165, 1.54) is 0 Å². The third-order valence-corrected chi connectivity index (χ3v) is 4.45. The smallest absolute Gasteiger partial charge is 0.267 e. The van der Waals surface area contributed by atoms with Crippen molar-refractivity contribution in [1.82, 2.24) is 4.90 Å². The second-order valence-corrected chi connectivity index (χ2v) is 5.85. The summed E-state index contributed by atoms with van der Waals surface area (Å²) in [5.74, 6) is -29.1. The van der Waals surface area contributed by atoms with E-state index in [2.05, 4.69) is 0 Å². The fraction of sp³-hybridized carbons (Fsp3) is 0.900. The number of rotatable bonds is 0. The van der Waals surface area contributed by atoms with Gasteiger partial charge in [0.05, 0.1) is 0 Å². The first-order valence-corrected chi connectivity index (χ1v) is 6.34. The van der Waals surface area contributed by atoms with Crippen LogP contribution in [0.4, 0.5) is 74.6 Å². The number of alkyl halides is 17. The van der Waals surface area contributed by atoms with Crippen molar-refractivity contribution < 1.29 is 79.4 Å². The van der Waals surface area contributed by atoms with Gasteiger partial charge in [-0.25, -0.2) is 13.2 Å². The summed E-state index contributed by atoms with van der Waals surface area (Å²) >= 11 is 0. The molecule has 0 radical (unpaired) electrons. The lowest BCUT2D eigenvalue weighted by Crippen LogP contribution is -2.85. The lowest BCUT2D eigenvalue weighted by Gasteiger charge is -2.52. The summed E-state index contributed by atoms with van der Waals surface area (Å²) in [6.07, 6.45) is -15.4. The molecule has 1 aliphatic heterocycles. The highest BCUT2D eigenvalue weighted by molar-refractivity contribution is 5.89. The second kappa shape index (κ2) is 4.94. The number of piperidine rings is 1. The molecule has 1 heterocycles. The van der Waals surface area contributed by atoms with Crippen molar-refractivity contribution in [3.8, 4) is 0 Å². The van der Waals surface area contributed by atoms with Crippen molar-refractivity contribution in [2.24, 2.45) is 0 Å². The van der Waals surface area contributed by atoms with Crippen LogP contribution < -0.4 is 0 Å². The summed E-state index contributed by atoms with van der Waals surface area (Å²) in [6.45, 7) is 0. The summed E-state index contributed by atoms with van der Waals surface area (Å²) in [7, 11) is 0. The van der Waals surface area contributed by atoms with Crippen LogP contribution >= 0.6 is 0 Å². The van der Waals surface area contributed by atoms with Crippen LogP contribution in [-0.2, 0) is 4.79 Å². The minimum atomic E-state index is -8.33. The van der Waals surface area contributed by atoms with Gasteiger partial charge in [0.15, 0.2) is 0 Å². The summed E-state index contributed by atoms with van der Waals surface area (Å²) < 4.78 is 228. The van der Waals surface area contributed by atoms with E-state index in [4.69, 9.17) is 0 Å². The van der Waals surface area contributed by atoms with Crippen molar-refractivity contribution in [3.63, 3.8) is 0 Å². The van der Waals surface area contributed by atoms with Gasteiger partial charge in [0.2, 0.25) is 0 Å². The van der Waals surface area contributed by atoms with E-state index >= 15 is 0 Å². The molecular weight excluding hydrogens is 473 g/mol. The molecule has 1 saturated heterocycles. The predicted octanol–water partition coefficient (Wildman–Crippen LogP) is 4.55. The molecule has 19 heteroatoms. The number of amides is 1. The van der Waals surface area contributed by atoms with Gasteiger partial charge in [-0.1, -0.05) is 0 Å². The van der Waals surface area contributed by atoms with Crippen LogP contribution in [0.15, 0.2) is 0 Å². The van der Waals surface area contributed by atoms with Gasteiger partial charge in [-0.2, -0.15) is 53.2 Å². The molecule has 0 N–H and O–H groups in total. The maximum absolute atomic E-state index is 14.4. The highest BCUT2D eigenvalue weighted by atomic mass is 19.4. The van der Waals surface area contributed by atoms with E-state index in [0.717, 1.165) is 0 Å². The number of carbonyl (C=O) groups is 1. The van der Waals surface area contributed by atoms with Gasteiger partial charge in [0.25, 0.3) is 5.67 Å².